The zero-order valence-corrected chi connectivity index (χ0v) is 10.7. The highest BCUT2D eigenvalue weighted by molar-refractivity contribution is 5.28. The van der Waals surface area contributed by atoms with Crippen molar-refractivity contribution in [3.63, 3.8) is 0 Å². The van der Waals surface area contributed by atoms with Gasteiger partial charge in [0.1, 0.15) is 5.75 Å². The van der Waals surface area contributed by atoms with Crippen molar-refractivity contribution in [1.82, 2.24) is 5.48 Å². The van der Waals surface area contributed by atoms with Crippen molar-refractivity contribution in [2.75, 3.05) is 26.9 Å². The first-order valence-electron chi connectivity index (χ1n) is 5.87. The molecule has 0 aliphatic heterocycles. The number of rotatable bonds is 8. The van der Waals surface area contributed by atoms with Gasteiger partial charge in [0.25, 0.3) is 0 Å². The zero-order valence-electron chi connectivity index (χ0n) is 10.7. The molecule has 0 saturated carbocycles. The molecule has 1 aromatic rings. The lowest BCUT2D eigenvalue weighted by Crippen LogP contribution is -2.21. The number of benzene rings is 1. The Balaban J connectivity index is 2.37. The molecule has 1 aromatic carbocycles. The van der Waals surface area contributed by atoms with Gasteiger partial charge in [0, 0.05) is 7.11 Å². The number of nitrogens with one attached hydrogen (secondary N) is 1. The van der Waals surface area contributed by atoms with Gasteiger partial charge in [-0.05, 0) is 31.5 Å². The van der Waals surface area contributed by atoms with E-state index in [1.807, 2.05) is 38.1 Å². The molecular weight excluding hydrogens is 218 g/mol. The molecule has 96 valence electrons. The summed E-state index contributed by atoms with van der Waals surface area (Å²) in [7, 11) is 1.65. The number of methoxy groups -OCH3 is 1. The van der Waals surface area contributed by atoms with Crippen LogP contribution in [0.3, 0.4) is 0 Å². The van der Waals surface area contributed by atoms with Crippen molar-refractivity contribution >= 4 is 0 Å². The van der Waals surface area contributed by atoms with Crippen LogP contribution in [0.15, 0.2) is 24.3 Å². The number of hydroxylamine groups is 1. The van der Waals surface area contributed by atoms with E-state index in [2.05, 4.69) is 5.48 Å². The fourth-order valence-corrected chi connectivity index (χ4v) is 1.40. The standard InChI is InChI=1S/C13H21NO3/c1-4-16-13-7-5-12(6-8-13)11(2)14-17-10-9-15-3/h5-8,11,14H,4,9-10H2,1-3H3. The molecule has 1 atom stereocenters. The van der Waals surface area contributed by atoms with Crippen LogP contribution in [0.5, 0.6) is 5.75 Å². The fraction of sp³-hybridized carbons (Fsp3) is 0.538. The third-order valence-corrected chi connectivity index (χ3v) is 2.34. The van der Waals surface area contributed by atoms with Crippen LogP contribution in [0.2, 0.25) is 0 Å². The molecule has 1 rings (SSSR count). The molecule has 0 aliphatic rings. The molecule has 0 amide bonds. The summed E-state index contributed by atoms with van der Waals surface area (Å²) in [5, 5.41) is 0. The van der Waals surface area contributed by atoms with Crippen molar-refractivity contribution in [2.24, 2.45) is 0 Å². The summed E-state index contributed by atoms with van der Waals surface area (Å²) < 4.78 is 10.3. The predicted molar refractivity (Wildman–Crippen MR) is 67.0 cm³/mol. The topological polar surface area (TPSA) is 39.7 Å². The molecule has 17 heavy (non-hydrogen) atoms. The lowest BCUT2D eigenvalue weighted by molar-refractivity contribution is -0.00925. The number of ether oxygens (including phenoxy) is 2. The minimum absolute atomic E-state index is 0.141. The van der Waals surface area contributed by atoms with Gasteiger partial charge in [0.05, 0.1) is 25.9 Å². The van der Waals surface area contributed by atoms with Crippen LogP contribution in [0.4, 0.5) is 0 Å². The van der Waals surface area contributed by atoms with Crippen LogP contribution in [0, 0.1) is 0 Å². The normalized spacial score (nSPS) is 12.4. The van der Waals surface area contributed by atoms with E-state index in [-0.39, 0.29) is 6.04 Å². The number of hydrogen-bond acceptors (Lipinski definition) is 4. The lowest BCUT2D eigenvalue weighted by Gasteiger charge is -2.14. The maximum Gasteiger partial charge on any atom is 0.119 e. The largest absolute Gasteiger partial charge is 0.494 e. The van der Waals surface area contributed by atoms with Gasteiger partial charge >= 0.3 is 0 Å². The fourth-order valence-electron chi connectivity index (χ4n) is 1.40. The molecule has 0 saturated heterocycles. The van der Waals surface area contributed by atoms with E-state index < -0.39 is 0 Å². The quantitative estimate of drug-likeness (QED) is 0.558. The van der Waals surface area contributed by atoms with Gasteiger partial charge in [-0.15, -0.1) is 0 Å². The van der Waals surface area contributed by atoms with Crippen molar-refractivity contribution in [2.45, 2.75) is 19.9 Å². The highest BCUT2D eigenvalue weighted by Gasteiger charge is 2.04. The van der Waals surface area contributed by atoms with Gasteiger partial charge in [-0.2, -0.15) is 5.48 Å². The first-order chi connectivity index (χ1) is 8.27. The van der Waals surface area contributed by atoms with Gasteiger partial charge < -0.3 is 9.47 Å². The predicted octanol–water partition coefficient (Wildman–Crippen LogP) is 2.31. The molecule has 0 radical (unpaired) electrons. The van der Waals surface area contributed by atoms with E-state index in [4.69, 9.17) is 14.3 Å². The molecule has 4 nitrogen and oxygen atoms in total. The second kappa shape index (κ2) is 8.06. The van der Waals surface area contributed by atoms with Crippen LogP contribution >= 0.6 is 0 Å². The molecular formula is C13H21NO3. The van der Waals surface area contributed by atoms with Crippen LogP contribution in [-0.2, 0) is 9.57 Å². The molecule has 1 N–H and O–H groups in total. The Hall–Kier alpha value is -1.10. The summed E-state index contributed by atoms with van der Waals surface area (Å²) in [4.78, 5) is 5.26. The van der Waals surface area contributed by atoms with Gasteiger partial charge in [-0.25, -0.2) is 0 Å². The van der Waals surface area contributed by atoms with Crippen LogP contribution in [0.25, 0.3) is 0 Å². The highest BCUT2D eigenvalue weighted by Crippen LogP contribution is 2.17. The average Bonchev–Trinajstić information content (AvgIpc) is 2.36. The SMILES string of the molecule is CCOc1ccc(C(C)NOCCOC)cc1. The summed E-state index contributed by atoms with van der Waals surface area (Å²) in [5.74, 6) is 0.892. The summed E-state index contributed by atoms with van der Waals surface area (Å²) in [5.41, 5.74) is 4.12. The van der Waals surface area contributed by atoms with Gasteiger partial charge in [-0.3, -0.25) is 4.84 Å². The summed E-state index contributed by atoms with van der Waals surface area (Å²) in [6.07, 6.45) is 0. The van der Waals surface area contributed by atoms with Crippen LogP contribution in [-0.4, -0.2) is 26.9 Å². The minimum atomic E-state index is 0.141. The molecule has 0 aliphatic carbocycles. The Morgan fingerprint density at radius 3 is 2.47 bits per heavy atom. The minimum Gasteiger partial charge on any atom is -0.494 e. The Bertz CT molecular complexity index is 300. The van der Waals surface area contributed by atoms with E-state index in [1.165, 1.54) is 0 Å². The average molecular weight is 239 g/mol. The second-order valence-corrected chi connectivity index (χ2v) is 3.68. The van der Waals surface area contributed by atoms with E-state index in [0.717, 1.165) is 11.3 Å². The van der Waals surface area contributed by atoms with E-state index >= 15 is 0 Å². The Morgan fingerprint density at radius 1 is 1.18 bits per heavy atom. The third kappa shape index (κ3) is 5.17. The Labute approximate surface area is 103 Å². The van der Waals surface area contributed by atoms with E-state index in [0.29, 0.717) is 19.8 Å². The summed E-state index contributed by atoms with van der Waals surface area (Å²) in [6, 6.07) is 8.13. The molecule has 0 bridgehead atoms. The van der Waals surface area contributed by atoms with E-state index in [9.17, 15) is 0 Å². The smallest absolute Gasteiger partial charge is 0.119 e. The molecule has 0 aromatic heterocycles. The molecule has 0 fully saturated rings. The second-order valence-electron chi connectivity index (χ2n) is 3.68. The third-order valence-electron chi connectivity index (χ3n) is 2.34. The highest BCUT2D eigenvalue weighted by atomic mass is 16.7. The van der Waals surface area contributed by atoms with Gasteiger partial charge in [0.2, 0.25) is 0 Å². The Kier molecular flexibility index (Phi) is 6.62. The lowest BCUT2D eigenvalue weighted by atomic mass is 10.1. The van der Waals surface area contributed by atoms with Crippen molar-refractivity contribution in [3.05, 3.63) is 29.8 Å². The molecule has 1 unspecified atom stereocenters. The monoisotopic (exact) mass is 239 g/mol. The van der Waals surface area contributed by atoms with E-state index in [1.54, 1.807) is 7.11 Å². The van der Waals surface area contributed by atoms with Crippen LogP contribution in [0.1, 0.15) is 25.5 Å². The summed E-state index contributed by atoms with van der Waals surface area (Å²) >= 11 is 0. The Morgan fingerprint density at radius 2 is 1.88 bits per heavy atom. The molecule has 0 spiro atoms. The number of hydrogen-bond donors (Lipinski definition) is 1. The molecule has 0 heterocycles. The van der Waals surface area contributed by atoms with Crippen molar-refractivity contribution in [1.29, 1.82) is 0 Å². The van der Waals surface area contributed by atoms with Crippen molar-refractivity contribution < 1.29 is 14.3 Å². The first kappa shape index (κ1) is 14.0. The van der Waals surface area contributed by atoms with Crippen LogP contribution < -0.4 is 10.2 Å². The maximum atomic E-state index is 5.39. The van der Waals surface area contributed by atoms with Gasteiger partial charge in [-0.1, -0.05) is 12.1 Å². The zero-order chi connectivity index (χ0) is 12.5. The first-order valence-corrected chi connectivity index (χ1v) is 5.87. The van der Waals surface area contributed by atoms with Gasteiger partial charge in [0.15, 0.2) is 0 Å². The molecule has 4 heteroatoms. The van der Waals surface area contributed by atoms with Crippen molar-refractivity contribution in [3.8, 4) is 5.75 Å². The maximum absolute atomic E-state index is 5.39. The summed E-state index contributed by atoms with van der Waals surface area (Å²) in [6.45, 7) is 5.83.